The van der Waals surface area contributed by atoms with E-state index in [-0.39, 0.29) is 5.91 Å². The number of nitrogens with one attached hydrogen (secondary N) is 1. The summed E-state index contributed by atoms with van der Waals surface area (Å²) in [5.41, 5.74) is 1.76. The molecule has 6 heteroatoms. The molecule has 0 unspecified atom stereocenters. The van der Waals surface area contributed by atoms with E-state index in [4.69, 9.17) is 14.2 Å². The highest BCUT2D eigenvalue weighted by molar-refractivity contribution is 5.93. The van der Waals surface area contributed by atoms with Crippen LogP contribution in [0.25, 0.3) is 0 Å². The molecule has 1 aliphatic heterocycles. The number of hydrogen-bond donors (Lipinski definition) is 1. The number of fused-ring (bicyclic) bond motifs is 1. The first-order valence-electron chi connectivity index (χ1n) is 8.73. The zero-order chi connectivity index (χ0) is 18.4. The lowest BCUT2D eigenvalue weighted by Crippen LogP contribution is -2.32. The Balaban J connectivity index is 1.61. The van der Waals surface area contributed by atoms with E-state index in [1.165, 1.54) is 0 Å². The average molecular weight is 356 g/mol. The summed E-state index contributed by atoms with van der Waals surface area (Å²) in [5, 5.41) is 2.91. The Morgan fingerprint density at radius 2 is 1.92 bits per heavy atom. The van der Waals surface area contributed by atoms with E-state index in [2.05, 4.69) is 10.2 Å². The van der Waals surface area contributed by atoms with Crippen LogP contribution in [-0.2, 0) is 11.3 Å². The zero-order valence-corrected chi connectivity index (χ0v) is 15.2. The van der Waals surface area contributed by atoms with E-state index in [1.807, 2.05) is 49.4 Å². The molecule has 3 rings (SSSR count). The first-order chi connectivity index (χ1) is 12.7. The maximum atomic E-state index is 12.4. The SMILES string of the molecule is CCN(CC(=O)Nc1ccccc1OC)Cc1ccc2c(c1)OCCO2. The molecule has 0 spiro atoms. The fourth-order valence-electron chi connectivity index (χ4n) is 2.86. The summed E-state index contributed by atoms with van der Waals surface area (Å²) in [4.78, 5) is 14.5. The zero-order valence-electron chi connectivity index (χ0n) is 15.2. The largest absolute Gasteiger partial charge is 0.495 e. The van der Waals surface area contributed by atoms with Crippen LogP contribution in [0.15, 0.2) is 42.5 Å². The average Bonchev–Trinajstić information content (AvgIpc) is 2.67. The van der Waals surface area contributed by atoms with Gasteiger partial charge in [0.2, 0.25) is 5.91 Å². The van der Waals surface area contributed by atoms with Gasteiger partial charge in [-0.2, -0.15) is 0 Å². The van der Waals surface area contributed by atoms with Crippen molar-refractivity contribution in [2.24, 2.45) is 0 Å². The van der Waals surface area contributed by atoms with Crippen molar-refractivity contribution in [1.82, 2.24) is 4.90 Å². The van der Waals surface area contributed by atoms with Crippen LogP contribution in [-0.4, -0.2) is 44.2 Å². The smallest absolute Gasteiger partial charge is 0.238 e. The van der Waals surface area contributed by atoms with Crippen LogP contribution in [0.3, 0.4) is 0 Å². The van der Waals surface area contributed by atoms with Gasteiger partial charge in [-0.3, -0.25) is 9.69 Å². The van der Waals surface area contributed by atoms with E-state index in [1.54, 1.807) is 7.11 Å². The van der Waals surface area contributed by atoms with Crippen molar-refractivity contribution in [3.8, 4) is 17.2 Å². The molecule has 138 valence electrons. The number of hydrogen-bond acceptors (Lipinski definition) is 5. The van der Waals surface area contributed by atoms with Crippen LogP contribution in [0, 0.1) is 0 Å². The van der Waals surface area contributed by atoms with Crippen molar-refractivity contribution in [2.75, 3.05) is 38.7 Å². The standard InChI is InChI=1S/C20H24N2O4/c1-3-22(13-15-8-9-18-19(12-15)26-11-10-25-18)14-20(23)21-16-6-4-5-7-17(16)24-2/h4-9,12H,3,10-11,13-14H2,1-2H3,(H,21,23). The first kappa shape index (κ1) is 18.1. The van der Waals surface area contributed by atoms with Crippen molar-refractivity contribution in [3.63, 3.8) is 0 Å². The number of benzene rings is 2. The van der Waals surface area contributed by atoms with Crippen molar-refractivity contribution < 1.29 is 19.0 Å². The number of rotatable bonds is 7. The molecule has 6 nitrogen and oxygen atoms in total. The van der Waals surface area contributed by atoms with Gasteiger partial charge in [-0.15, -0.1) is 0 Å². The molecule has 0 radical (unpaired) electrons. The van der Waals surface area contributed by atoms with Crippen LogP contribution in [0.2, 0.25) is 0 Å². The van der Waals surface area contributed by atoms with Gasteiger partial charge < -0.3 is 19.5 Å². The Hall–Kier alpha value is -2.73. The Morgan fingerprint density at radius 3 is 2.69 bits per heavy atom. The highest BCUT2D eigenvalue weighted by atomic mass is 16.6. The number of para-hydroxylation sites is 2. The lowest BCUT2D eigenvalue weighted by atomic mass is 10.1. The number of methoxy groups -OCH3 is 1. The molecule has 1 N–H and O–H groups in total. The topological polar surface area (TPSA) is 60.0 Å². The summed E-state index contributed by atoms with van der Waals surface area (Å²) in [5.74, 6) is 2.12. The number of carbonyl (C=O) groups excluding carboxylic acids is 1. The number of anilines is 1. The molecular weight excluding hydrogens is 332 g/mol. The highest BCUT2D eigenvalue weighted by Gasteiger charge is 2.15. The third kappa shape index (κ3) is 4.46. The summed E-state index contributed by atoms with van der Waals surface area (Å²) in [7, 11) is 1.59. The summed E-state index contributed by atoms with van der Waals surface area (Å²) in [6.07, 6.45) is 0. The molecule has 0 bridgehead atoms. The molecule has 0 aromatic heterocycles. The minimum Gasteiger partial charge on any atom is -0.495 e. The first-order valence-corrected chi connectivity index (χ1v) is 8.73. The van der Waals surface area contributed by atoms with Crippen LogP contribution in [0.4, 0.5) is 5.69 Å². The molecule has 2 aromatic rings. The Morgan fingerprint density at radius 1 is 1.15 bits per heavy atom. The fraction of sp³-hybridized carbons (Fsp3) is 0.350. The van der Waals surface area contributed by atoms with E-state index in [9.17, 15) is 4.79 Å². The van der Waals surface area contributed by atoms with Crippen molar-refractivity contribution in [3.05, 3.63) is 48.0 Å². The Kier molecular flexibility index (Phi) is 5.96. The third-order valence-electron chi connectivity index (χ3n) is 4.21. The van der Waals surface area contributed by atoms with Crippen molar-refractivity contribution in [2.45, 2.75) is 13.5 Å². The fourth-order valence-corrected chi connectivity index (χ4v) is 2.86. The van der Waals surface area contributed by atoms with Crippen LogP contribution in [0.5, 0.6) is 17.2 Å². The predicted octanol–water partition coefficient (Wildman–Crippen LogP) is 2.93. The second-order valence-corrected chi connectivity index (χ2v) is 6.03. The summed E-state index contributed by atoms with van der Waals surface area (Å²) >= 11 is 0. The number of likely N-dealkylation sites (N-methyl/N-ethyl adjacent to an activating group) is 1. The molecular formula is C20H24N2O4. The van der Waals surface area contributed by atoms with Gasteiger partial charge in [0, 0.05) is 6.54 Å². The molecule has 0 fully saturated rings. The van der Waals surface area contributed by atoms with E-state index in [0.29, 0.717) is 37.7 Å². The highest BCUT2D eigenvalue weighted by Crippen LogP contribution is 2.31. The molecule has 1 amide bonds. The van der Waals surface area contributed by atoms with Gasteiger partial charge in [0.25, 0.3) is 0 Å². The van der Waals surface area contributed by atoms with Gasteiger partial charge in [0.1, 0.15) is 19.0 Å². The molecule has 0 atom stereocenters. The second-order valence-electron chi connectivity index (χ2n) is 6.03. The molecule has 2 aromatic carbocycles. The summed E-state index contributed by atoms with van der Waals surface area (Å²) < 4.78 is 16.4. The van der Waals surface area contributed by atoms with Crippen LogP contribution >= 0.6 is 0 Å². The molecule has 26 heavy (non-hydrogen) atoms. The second kappa shape index (κ2) is 8.58. The van der Waals surface area contributed by atoms with Crippen molar-refractivity contribution >= 4 is 11.6 Å². The maximum absolute atomic E-state index is 12.4. The lowest BCUT2D eigenvalue weighted by Gasteiger charge is -2.22. The van der Waals surface area contributed by atoms with Gasteiger partial charge in [0.05, 0.1) is 19.3 Å². The van der Waals surface area contributed by atoms with E-state index >= 15 is 0 Å². The Bertz CT molecular complexity index is 763. The van der Waals surface area contributed by atoms with Gasteiger partial charge in [0.15, 0.2) is 11.5 Å². The van der Waals surface area contributed by atoms with Crippen molar-refractivity contribution in [1.29, 1.82) is 0 Å². The molecule has 1 heterocycles. The van der Waals surface area contributed by atoms with Crippen LogP contribution in [0.1, 0.15) is 12.5 Å². The monoisotopic (exact) mass is 356 g/mol. The third-order valence-corrected chi connectivity index (χ3v) is 4.21. The summed E-state index contributed by atoms with van der Waals surface area (Å²) in [6, 6.07) is 13.3. The number of nitrogens with zero attached hydrogens (tertiary/aromatic N) is 1. The number of carbonyl (C=O) groups is 1. The van der Waals surface area contributed by atoms with Gasteiger partial charge in [-0.05, 0) is 36.4 Å². The predicted molar refractivity (Wildman–Crippen MR) is 100 cm³/mol. The maximum Gasteiger partial charge on any atom is 0.238 e. The van der Waals surface area contributed by atoms with Gasteiger partial charge in [-0.1, -0.05) is 25.1 Å². The number of ether oxygens (including phenoxy) is 3. The summed E-state index contributed by atoms with van der Waals surface area (Å²) in [6.45, 7) is 4.89. The number of amides is 1. The van der Waals surface area contributed by atoms with E-state index in [0.717, 1.165) is 23.6 Å². The normalized spacial score (nSPS) is 12.7. The Labute approximate surface area is 153 Å². The lowest BCUT2D eigenvalue weighted by molar-refractivity contribution is -0.117. The van der Waals surface area contributed by atoms with E-state index < -0.39 is 0 Å². The van der Waals surface area contributed by atoms with Gasteiger partial charge >= 0.3 is 0 Å². The molecule has 0 aliphatic carbocycles. The minimum atomic E-state index is -0.0751. The molecule has 0 saturated heterocycles. The molecule has 1 aliphatic rings. The quantitative estimate of drug-likeness (QED) is 0.827. The van der Waals surface area contributed by atoms with Crippen LogP contribution < -0.4 is 19.5 Å². The molecule has 0 saturated carbocycles. The van der Waals surface area contributed by atoms with Gasteiger partial charge in [-0.25, -0.2) is 0 Å². The minimum absolute atomic E-state index is 0.0751.